The average molecular weight is 375 g/mol. The SMILES string of the molecule is O=C(O)C(=O)CCCCCCCNC(=O)c1ccccc1OC(F)(F)F. The monoisotopic (exact) mass is 375 g/mol. The molecule has 0 heterocycles. The third-order valence-electron chi connectivity index (χ3n) is 3.46. The molecular weight excluding hydrogens is 355 g/mol. The van der Waals surface area contributed by atoms with E-state index >= 15 is 0 Å². The zero-order valence-corrected chi connectivity index (χ0v) is 14.0. The number of ketones is 1. The van der Waals surface area contributed by atoms with E-state index in [1.165, 1.54) is 18.2 Å². The lowest BCUT2D eigenvalue weighted by Crippen LogP contribution is -2.26. The smallest absolute Gasteiger partial charge is 0.476 e. The van der Waals surface area contributed by atoms with Gasteiger partial charge >= 0.3 is 12.3 Å². The van der Waals surface area contributed by atoms with Gasteiger partial charge in [0.25, 0.3) is 5.91 Å². The number of benzene rings is 1. The van der Waals surface area contributed by atoms with Gasteiger partial charge < -0.3 is 15.2 Å². The number of nitrogens with one attached hydrogen (secondary N) is 1. The fraction of sp³-hybridized carbons (Fsp3) is 0.471. The summed E-state index contributed by atoms with van der Waals surface area (Å²) in [7, 11) is 0. The number of carboxylic acid groups (broad SMARTS) is 1. The molecule has 26 heavy (non-hydrogen) atoms. The number of unbranched alkanes of at least 4 members (excludes halogenated alkanes) is 4. The third-order valence-corrected chi connectivity index (χ3v) is 3.46. The molecule has 0 bridgehead atoms. The van der Waals surface area contributed by atoms with Crippen molar-refractivity contribution in [2.75, 3.05) is 6.54 Å². The fourth-order valence-electron chi connectivity index (χ4n) is 2.21. The highest BCUT2D eigenvalue weighted by Gasteiger charge is 2.32. The highest BCUT2D eigenvalue weighted by atomic mass is 19.4. The summed E-state index contributed by atoms with van der Waals surface area (Å²) in [6.07, 6.45) is -1.59. The van der Waals surface area contributed by atoms with Gasteiger partial charge in [-0.05, 0) is 25.0 Å². The van der Waals surface area contributed by atoms with Crippen LogP contribution in [0.2, 0.25) is 0 Å². The second-order valence-electron chi connectivity index (χ2n) is 5.55. The number of para-hydroxylation sites is 1. The Morgan fingerprint density at radius 1 is 1.00 bits per heavy atom. The molecule has 0 spiro atoms. The van der Waals surface area contributed by atoms with Gasteiger partial charge in [0.15, 0.2) is 0 Å². The number of alkyl halides is 3. The Kier molecular flexibility index (Phi) is 8.60. The molecule has 6 nitrogen and oxygen atoms in total. The Labute approximate surface area is 148 Å². The number of ether oxygens (including phenoxy) is 1. The van der Waals surface area contributed by atoms with Crippen molar-refractivity contribution >= 4 is 17.7 Å². The van der Waals surface area contributed by atoms with E-state index in [2.05, 4.69) is 10.1 Å². The van der Waals surface area contributed by atoms with E-state index in [1.807, 2.05) is 0 Å². The molecule has 1 rings (SSSR count). The Balaban J connectivity index is 2.27. The Hall–Kier alpha value is -2.58. The Morgan fingerprint density at radius 3 is 2.27 bits per heavy atom. The van der Waals surface area contributed by atoms with E-state index in [1.54, 1.807) is 0 Å². The molecule has 0 aliphatic rings. The Bertz CT molecular complexity index is 631. The van der Waals surface area contributed by atoms with Crippen LogP contribution in [-0.2, 0) is 9.59 Å². The van der Waals surface area contributed by atoms with Crippen LogP contribution < -0.4 is 10.1 Å². The molecular formula is C17H20F3NO5. The molecule has 1 amide bonds. The van der Waals surface area contributed by atoms with Crippen molar-refractivity contribution < 1.29 is 37.4 Å². The predicted molar refractivity (Wildman–Crippen MR) is 85.8 cm³/mol. The van der Waals surface area contributed by atoms with E-state index in [-0.39, 0.29) is 18.5 Å². The number of aliphatic carboxylic acids is 1. The van der Waals surface area contributed by atoms with Crippen LogP contribution in [0.4, 0.5) is 13.2 Å². The standard InChI is InChI=1S/C17H20F3NO5/c18-17(19,20)26-14-10-6-5-8-12(14)15(23)21-11-7-3-1-2-4-9-13(22)16(24)25/h5-6,8,10H,1-4,7,9,11H2,(H,21,23)(H,24,25). The van der Waals surface area contributed by atoms with Gasteiger partial charge in [-0.1, -0.05) is 31.4 Å². The zero-order chi connectivity index (χ0) is 19.6. The zero-order valence-electron chi connectivity index (χ0n) is 14.0. The second kappa shape index (κ2) is 10.4. The van der Waals surface area contributed by atoms with Gasteiger partial charge in [0.2, 0.25) is 5.78 Å². The highest BCUT2D eigenvalue weighted by Crippen LogP contribution is 2.26. The molecule has 9 heteroatoms. The highest BCUT2D eigenvalue weighted by molar-refractivity contribution is 6.32. The van der Waals surface area contributed by atoms with Gasteiger partial charge in [0.1, 0.15) is 5.75 Å². The summed E-state index contributed by atoms with van der Waals surface area (Å²) in [5, 5.41) is 11.0. The molecule has 1 aromatic carbocycles. The number of carbonyl (C=O) groups is 3. The van der Waals surface area contributed by atoms with Crippen LogP contribution in [0.15, 0.2) is 24.3 Å². The van der Waals surface area contributed by atoms with Gasteiger partial charge in [-0.3, -0.25) is 9.59 Å². The normalized spacial score (nSPS) is 11.0. The van der Waals surface area contributed by atoms with Crippen molar-refractivity contribution in [2.45, 2.75) is 44.9 Å². The molecule has 0 atom stereocenters. The van der Waals surface area contributed by atoms with Gasteiger partial charge in [0.05, 0.1) is 5.56 Å². The maximum atomic E-state index is 12.3. The Morgan fingerprint density at radius 2 is 1.62 bits per heavy atom. The first-order chi connectivity index (χ1) is 12.2. The molecule has 1 aromatic rings. The minimum absolute atomic E-state index is 0.00204. The molecule has 0 unspecified atom stereocenters. The molecule has 0 fully saturated rings. The first-order valence-corrected chi connectivity index (χ1v) is 8.10. The van der Waals surface area contributed by atoms with Gasteiger partial charge in [-0.2, -0.15) is 0 Å². The topological polar surface area (TPSA) is 92.7 Å². The molecule has 144 valence electrons. The van der Waals surface area contributed by atoms with Crippen LogP contribution in [0, 0.1) is 0 Å². The van der Waals surface area contributed by atoms with Crippen molar-refractivity contribution in [3.05, 3.63) is 29.8 Å². The number of rotatable bonds is 11. The number of Topliss-reactive ketones (excluding diaryl/α,β-unsaturated/α-hetero) is 1. The van der Waals surface area contributed by atoms with Crippen molar-refractivity contribution in [1.29, 1.82) is 0 Å². The number of carboxylic acids is 1. The molecule has 0 saturated heterocycles. The number of halogens is 3. The summed E-state index contributed by atoms with van der Waals surface area (Å²) in [5.74, 6) is -3.45. The van der Waals surface area contributed by atoms with Crippen LogP contribution in [0.25, 0.3) is 0 Å². The van der Waals surface area contributed by atoms with Crippen molar-refractivity contribution in [3.63, 3.8) is 0 Å². The summed E-state index contributed by atoms with van der Waals surface area (Å²) in [5.41, 5.74) is -0.197. The quantitative estimate of drug-likeness (QED) is 0.457. The molecule has 2 N–H and O–H groups in total. The molecule has 0 aromatic heterocycles. The summed E-state index contributed by atoms with van der Waals surface area (Å²) in [4.78, 5) is 33.2. The van der Waals surface area contributed by atoms with Gasteiger partial charge in [-0.25, -0.2) is 4.79 Å². The lowest BCUT2D eigenvalue weighted by Gasteiger charge is -2.13. The average Bonchev–Trinajstić information content (AvgIpc) is 2.55. The van der Waals surface area contributed by atoms with Crippen LogP contribution in [0.3, 0.4) is 0 Å². The van der Waals surface area contributed by atoms with E-state index in [4.69, 9.17) is 5.11 Å². The first kappa shape index (κ1) is 21.5. The van der Waals surface area contributed by atoms with Crippen LogP contribution >= 0.6 is 0 Å². The third kappa shape index (κ3) is 8.50. The summed E-state index contributed by atoms with van der Waals surface area (Å²) >= 11 is 0. The molecule has 0 saturated carbocycles. The fourth-order valence-corrected chi connectivity index (χ4v) is 2.21. The summed E-state index contributed by atoms with van der Waals surface area (Å²) in [6, 6.07) is 5.10. The number of hydrogen-bond acceptors (Lipinski definition) is 4. The van der Waals surface area contributed by atoms with Gasteiger partial charge in [0, 0.05) is 13.0 Å². The first-order valence-electron chi connectivity index (χ1n) is 8.10. The second-order valence-corrected chi connectivity index (χ2v) is 5.55. The van der Waals surface area contributed by atoms with Crippen molar-refractivity contribution in [2.24, 2.45) is 0 Å². The summed E-state index contributed by atoms with van der Waals surface area (Å²) < 4.78 is 40.8. The van der Waals surface area contributed by atoms with Crippen molar-refractivity contribution in [3.8, 4) is 5.75 Å². The lowest BCUT2D eigenvalue weighted by atomic mass is 10.1. The largest absolute Gasteiger partial charge is 0.573 e. The summed E-state index contributed by atoms with van der Waals surface area (Å²) in [6.45, 7) is 0.285. The maximum absolute atomic E-state index is 12.3. The molecule has 0 aliphatic carbocycles. The number of carbonyl (C=O) groups excluding carboxylic acids is 2. The number of amides is 1. The van der Waals surface area contributed by atoms with Crippen LogP contribution in [0.1, 0.15) is 48.9 Å². The minimum atomic E-state index is -4.88. The molecule has 0 aliphatic heterocycles. The van der Waals surface area contributed by atoms with Crippen LogP contribution in [-0.4, -0.2) is 35.7 Å². The minimum Gasteiger partial charge on any atom is -0.476 e. The van der Waals surface area contributed by atoms with E-state index in [0.717, 1.165) is 18.9 Å². The lowest BCUT2D eigenvalue weighted by molar-refractivity contribution is -0.274. The van der Waals surface area contributed by atoms with E-state index < -0.39 is 29.8 Å². The molecule has 0 radical (unpaired) electrons. The van der Waals surface area contributed by atoms with Gasteiger partial charge in [-0.15, -0.1) is 13.2 Å². The van der Waals surface area contributed by atoms with E-state index in [9.17, 15) is 27.6 Å². The predicted octanol–water partition coefficient (Wildman–Crippen LogP) is 3.31. The maximum Gasteiger partial charge on any atom is 0.573 e. The van der Waals surface area contributed by atoms with Crippen molar-refractivity contribution in [1.82, 2.24) is 5.32 Å². The van der Waals surface area contributed by atoms with Crippen LogP contribution in [0.5, 0.6) is 5.75 Å². The number of hydrogen-bond donors (Lipinski definition) is 2. The van der Waals surface area contributed by atoms with E-state index in [0.29, 0.717) is 19.3 Å².